The maximum Gasteiger partial charge on any atom is 0.329 e. The molecule has 3 aromatic carbocycles. The number of fused-ring (bicyclic) bond motifs is 3. The van der Waals surface area contributed by atoms with Crippen LogP contribution in [0.15, 0.2) is 78.9 Å². The van der Waals surface area contributed by atoms with Gasteiger partial charge < -0.3 is 25.5 Å². The van der Waals surface area contributed by atoms with Gasteiger partial charge in [0, 0.05) is 16.6 Å². The second-order valence-electron chi connectivity index (χ2n) is 12.1. The Bertz CT molecular complexity index is 1540. The van der Waals surface area contributed by atoms with Gasteiger partial charge in [-0.3, -0.25) is 10.1 Å². The zero-order valence-corrected chi connectivity index (χ0v) is 25.2. The first-order chi connectivity index (χ1) is 20.7. The van der Waals surface area contributed by atoms with E-state index in [0.29, 0.717) is 32.4 Å². The molecule has 5 N–H and O–H groups in total. The molecule has 0 saturated carbocycles. The molecule has 0 aliphatic carbocycles. The Hall–Kier alpha value is -4.14. The second kappa shape index (κ2) is 13.4. The van der Waals surface area contributed by atoms with Gasteiger partial charge in [-0.05, 0) is 87.9 Å². The molecule has 3 atom stereocenters. The predicted molar refractivity (Wildman–Crippen MR) is 169 cm³/mol. The third kappa shape index (κ3) is 7.63. The zero-order chi connectivity index (χ0) is 30.4. The molecule has 0 spiro atoms. The van der Waals surface area contributed by atoms with E-state index in [4.69, 9.17) is 15.2 Å². The smallest absolute Gasteiger partial charge is 0.329 e. The molecule has 1 amide bonds. The number of rotatable bonds is 11. The fourth-order valence-corrected chi connectivity index (χ4v) is 5.58. The van der Waals surface area contributed by atoms with E-state index in [1.807, 2.05) is 87.5 Å². The molecule has 8 nitrogen and oxygen atoms in total. The molecule has 0 bridgehead atoms. The maximum atomic E-state index is 13.8. The highest BCUT2D eigenvalue weighted by molar-refractivity contribution is 5.91. The topological polar surface area (TPSA) is 118 Å². The van der Waals surface area contributed by atoms with Gasteiger partial charge in [0.2, 0.25) is 5.91 Å². The van der Waals surface area contributed by atoms with Gasteiger partial charge in [-0.2, -0.15) is 0 Å². The molecule has 8 heteroatoms. The number of para-hydroxylation sites is 1. The Kier molecular flexibility index (Phi) is 9.48. The lowest BCUT2D eigenvalue weighted by molar-refractivity contribution is -0.159. The molecule has 226 valence electrons. The van der Waals surface area contributed by atoms with E-state index in [0.717, 1.165) is 45.5 Å². The Morgan fingerprint density at radius 2 is 1.77 bits per heavy atom. The van der Waals surface area contributed by atoms with Crippen LogP contribution >= 0.6 is 0 Å². The van der Waals surface area contributed by atoms with Gasteiger partial charge in [0.1, 0.15) is 24.0 Å². The van der Waals surface area contributed by atoms with Crippen LogP contribution in [0.4, 0.5) is 0 Å². The van der Waals surface area contributed by atoms with E-state index >= 15 is 0 Å². The van der Waals surface area contributed by atoms with Crippen LogP contribution in [-0.2, 0) is 27.4 Å². The summed E-state index contributed by atoms with van der Waals surface area (Å²) in [5.74, 6) is 0.0829. The lowest BCUT2D eigenvalue weighted by Gasteiger charge is -2.32. The Morgan fingerprint density at radius 3 is 2.53 bits per heavy atom. The number of H-pyrrole nitrogens is 1. The molecular weight excluding hydrogens is 540 g/mol. The quantitative estimate of drug-likeness (QED) is 0.141. The fourth-order valence-electron chi connectivity index (χ4n) is 5.58. The summed E-state index contributed by atoms with van der Waals surface area (Å²) in [4.78, 5) is 30.5. The van der Waals surface area contributed by atoms with Crippen LogP contribution in [-0.4, -0.2) is 41.1 Å². The summed E-state index contributed by atoms with van der Waals surface area (Å²) in [6, 6.07) is 24.6. The molecule has 4 aromatic rings. The van der Waals surface area contributed by atoms with Crippen LogP contribution < -0.4 is 21.1 Å². The summed E-state index contributed by atoms with van der Waals surface area (Å²) in [5, 5.41) is 7.67. The van der Waals surface area contributed by atoms with E-state index in [1.54, 1.807) is 0 Å². The number of hydrogen-bond acceptors (Lipinski definition) is 6. The summed E-state index contributed by atoms with van der Waals surface area (Å²) in [7, 11) is 0. The monoisotopic (exact) mass is 582 g/mol. The second-order valence-corrected chi connectivity index (χ2v) is 12.1. The molecule has 0 fully saturated rings. The number of esters is 1. The highest BCUT2D eigenvalue weighted by Crippen LogP contribution is 2.36. The number of nitrogens with one attached hydrogen (secondary N) is 3. The van der Waals surface area contributed by atoms with Gasteiger partial charge >= 0.3 is 5.97 Å². The molecule has 2 heterocycles. The Balaban J connectivity index is 1.41. The third-order valence-electron chi connectivity index (χ3n) is 7.62. The van der Waals surface area contributed by atoms with Crippen LogP contribution in [0.3, 0.4) is 0 Å². The number of ether oxygens (including phenoxy) is 2. The van der Waals surface area contributed by atoms with Crippen molar-refractivity contribution in [1.82, 2.24) is 15.6 Å². The van der Waals surface area contributed by atoms with Gasteiger partial charge in [-0.25, -0.2) is 4.79 Å². The third-order valence-corrected chi connectivity index (χ3v) is 7.62. The molecular formula is C35H42N4O4. The maximum absolute atomic E-state index is 13.8. The van der Waals surface area contributed by atoms with Gasteiger partial charge in [0.15, 0.2) is 0 Å². The lowest BCUT2D eigenvalue weighted by atomic mass is 9.89. The SMILES string of the molecule is CC(C)(C)OC(=O)C(CCCCN)NC(=O)C1Cc2c([nH]c3ccccc23)C(c2cccc(OCc3ccccc3)c2)N1. The van der Waals surface area contributed by atoms with Crippen molar-refractivity contribution in [2.75, 3.05) is 6.54 Å². The zero-order valence-electron chi connectivity index (χ0n) is 25.2. The summed E-state index contributed by atoms with van der Waals surface area (Å²) in [5.41, 5.74) is 10.2. The molecule has 1 aliphatic heterocycles. The molecule has 0 saturated heterocycles. The number of carbonyl (C=O) groups is 2. The van der Waals surface area contributed by atoms with Crippen molar-refractivity contribution in [2.45, 2.75) is 76.8 Å². The number of carbonyl (C=O) groups excluding carboxylic acids is 2. The van der Waals surface area contributed by atoms with Crippen molar-refractivity contribution < 1.29 is 19.1 Å². The Labute approximate surface area is 253 Å². The largest absolute Gasteiger partial charge is 0.489 e. The minimum Gasteiger partial charge on any atom is -0.489 e. The summed E-state index contributed by atoms with van der Waals surface area (Å²) in [6.07, 6.45) is 2.42. The van der Waals surface area contributed by atoms with Crippen molar-refractivity contribution in [3.63, 3.8) is 0 Å². The average molecular weight is 583 g/mol. The first kappa shape index (κ1) is 30.3. The highest BCUT2D eigenvalue weighted by atomic mass is 16.6. The minimum absolute atomic E-state index is 0.235. The van der Waals surface area contributed by atoms with Crippen molar-refractivity contribution in [2.24, 2.45) is 5.73 Å². The number of aromatic nitrogens is 1. The summed E-state index contributed by atoms with van der Waals surface area (Å²) in [6.45, 7) is 6.47. The van der Waals surface area contributed by atoms with Crippen LogP contribution in [0, 0.1) is 0 Å². The van der Waals surface area contributed by atoms with E-state index in [9.17, 15) is 9.59 Å². The number of aromatic amines is 1. The predicted octanol–water partition coefficient (Wildman–Crippen LogP) is 5.31. The molecule has 43 heavy (non-hydrogen) atoms. The van der Waals surface area contributed by atoms with Crippen molar-refractivity contribution >= 4 is 22.8 Å². The number of unbranched alkanes of at least 4 members (excludes halogenated alkanes) is 1. The lowest BCUT2D eigenvalue weighted by Crippen LogP contribution is -2.54. The molecule has 1 aliphatic rings. The van der Waals surface area contributed by atoms with Gasteiger partial charge in [0.25, 0.3) is 0 Å². The van der Waals surface area contributed by atoms with Crippen molar-refractivity contribution in [3.8, 4) is 5.75 Å². The van der Waals surface area contributed by atoms with Crippen LogP contribution in [0.2, 0.25) is 0 Å². The van der Waals surface area contributed by atoms with E-state index in [1.165, 1.54) is 0 Å². The molecule has 3 unspecified atom stereocenters. The van der Waals surface area contributed by atoms with Crippen LogP contribution in [0.5, 0.6) is 5.75 Å². The summed E-state index contributed by atoms with van der Waals surface area (Å²) < 4.78 is 11.8. The molecule has 5 rings (SSSR count). The van der Waals surface area contributed by atoms with E-state index < -0.39 is 23.7 Å². The van der Waals surface area contributed by atoms with Crippen LogP contribution in [0.1, 0.15) is 68.5 Å². The first-order valence-corrected chi connectivity index (χ1v) is 15.1. The van der Waals surface area contributed by atoms with E-state index in [-0.39, 0.29) is 11.9 Å². The number of nitrogens with two attached hydrogens (primary N) is 1. The Morgan fingerprint density at radius 1 is 1.00 bits per heavy atom. The fraction of sp³-hybridized carbons (Fsp3) is 0.371. The number of benzene rings is 3. The molecule has 1 aromatic heterocycles. The normalized spacial score (nSPS) is 17.2. The van der Waals surface area contributed by atoms with Crippen molar-refractivity contribution in [3.05, 3.63) is 101 Å². The van der Waals surface area contributed by atoms with Gasteiger partial charge in [-0.15, -0.1) is 0 Å². The number of hydrogen-bond donors (Lipinski definition) is 4. The van der Waals surface area contributed by atoms with Gasteiger partial charge in [-0.1, -0.05) is 60.7 Å². The number of amides is 1. The summed E-state index contributed by atoms with van der Waals surface area (Å²) >= 11 is 0. The highest BCUT2D eigenvalue weighted by Gasteiger charge is 2.36. The average Bonchev–Trinajstić information content (AvgIpc) is 3.37. The molecule has 0 radical (unpaired) electrons. The standard InChI is InChI=1S/C35H42N4O4/c1-35(2,3)43-34(41)29(18-9-10-19-36)39-33(40)30-21-27-26-16-7-8-17-28(26)37-32(27)31(38-30)24-14-11-15-25(20-24)42-22-23-12-5-4-6-13-23/h4-8,11-17,20,29-31,37-38H,9-10,18-19,21-22,36H2,1-3H3,(H,39,40). The van der Waals surface area contributed by atoms with Crippen LogP contribution in [0.25, 0.3) is 10.9 Å². The van der Waals surface area contributed by atoms with E-state index in [2.05, 4.69) is 27.8 Å². The minimum atomic E-state index is -0.752. The first-order valence-electron chi connectivity index (χ1n) is 15.1. The van der Waals surface area contributed by atoms with Crippen molar-refractivity contribution in [1.29, 1.82) is 0 Å². The van der Waals surface area contributed by atoms with Gasteiger partial charge in [0.05, 0.1) is 12.1 Å².